The molecule has 0 spiro atoms. The molecule has 7 heteroatoms. The fourth-order valence-electron chi connectivity index (χ4n) is 3.13. The fraction of sp³-hybridized carbons (Fsp3) is 0.316. The molecule has 0 radical (unpaired) electrons. The summed E-state index contributed by atoms with van der Waals surface area (Å²) in [7, 11) is 1.35. The summed E-state index contributed by atoms with van der Waals surface area (Å²) < 4.78 is 4.96. The van der Waals surface area contributed by atoms with Crippen molar-refractivity contribution in [3.8, 4) is 5.75 Å². The Morgan fingerprint density at radius 1 is 1.19 bits per heavy atom. The van der Waals surface area contributed by atoms with E-state index in [4.69, 9.17) is 4.74 Å². The molecule has 2 aromatic carbocycles. The summed E-state index contributed by atoms with van der Waals surface area (Å²) in [5.74, 6) is -0.273. The Balaban J connectivity index is 1.79. The zero-order valence-corrected chi connectivity index (χ0v) is 14.8. The Morgan fingerprint density at radius 2 is 1.92 bits per heavy atom. The summed E-state index contributed by atoms with van der Waals surface area (Å²) in [5, 5.41) is 13.9. The topological polar surface area (TPSA) is 84.7 Å². The van der Waals surface area contributed by atoms with Crippen molar-refractivity contribution in [2.45, 2.75) is 19.8 Å². The van der Waals surface area contributed by atoms with Crippen molar-refractivity contribution in [1.82, 2.24) is 0 Å². The largest absolute Gasteiger partial charge is 0.490 e. The number of nitrogens with one attached hydrogen (secondary N) is 1. The van der Waals surface area contributed by atoms with E-state index in [-0.39, 0.29) is 17.0 Å². The van der Waals surface area contributed by atoms with Gasteiger partial charge in [-0.05, 0) is 55.7 Å². The van der Waals surface area contributed by atoms with Crippen LogP contribution in [0, 0.1) is 17.0 Å². The van der Waals surface area contributed by atoms with Crippen LogP contribution in [-0.2, 0) is 0 Å². The first-order chi connectivity index (χ1) is 12.5. The highest BCUT2D eigenvalue weighted by Gasteiger charge is 2.19. The number of nitro groups is 1. The van der Waals surface area contributed by atoms with Crippen molar-refractivity contribution >= 4 is 23.0 Å². The number of rotatable bonds is 5. The molecule has 1 amide bonds. The van der Waals surface area contributed by atoms with Crippen LogP contribution in [0.5, 0.6) is 5.75 Å². The Labute approximate surface area is 151 Å². The summed E-state index contributed by atoms with van der Waals surface area (Å²) in [6, 6.07) is 10.1. The summed E-state index contributed by atoms with van der Waals surface area (Å²) in [6.45, 7) is 4.05. The second-order valence-corrected chi connectivity index (χ2v) is 6.29. The number of ether oxygens (including phenoxy) is 1. The minimum absolute atomic E-state index is 0.123. The lowest BCUT2D eigenvalue weighted by molar-refractivity contribution is -0.385. The number of methoxy groups -OCH3 is 1. The number of nitro benzene ring substituents is 1. The van der Waals surface area contributed by atoms with Gasteiger partial charge in [-0.15, -0.1) is 0 Å². The predicted octanol–water partition coefficient (Wildman–Crippen LogP) is 3.76. The highest BCUT2D eigenvalue weighted by Crippen LogP contribution is 2.29. The summed E-state index contributed by atoms with van der Waals surface area (Å²) in [4.78, 5) is 25.4. The number of carbonyl (C=O) groups is 1. The number of benzene rings is 2. The monoisotopic (exact) mass is 355 g/mol. The molecule has 7 nitrogen and oxygen atoms in total. The molecule has 1 aliphatic heterocycles. The normalized spacial score (nSPS) is 13.5. The minimum atomic E-state index is -0.564. The smallest absolute Gasteiger partial charge is 0.311 e. The van der Waals surface area contributed by atoms with Gasteiger partial charge < -0.3 is 15.0 Å². The second kappa shape index (κ2) is 7.43. The summed E-state index contributed by atoms with van der Waals surface area (Å²) in [6.07, 6.45) is 2.40. The number of aryl methyl sites for hydroxylation is 1. The third-order valence-corrected chi connectivity index (χ3v) is 4.57. The highest BCUT2D eigenvalue weighted by atomic mass is 16.6. The average molecular weight is 355 g/mol. The molecule has 1 N–H and O–H groups in total. The van der Waals surface area contributed by atoms with E-state index >= 15 is 0 Å². The third-order valence-electron chi connectivity index (χ3n) is 4.57. The minimum Gasteiger partial charge on any atom is -0.490 e. The second-order valence-electron chi connectivity index (χ2n) is 6.29. The van der Waals surface area contributed by atoms with Gasteiger partial charge in [-0.1, -0.05) is 0 Å². The van der Waals surface area contributed by atoms with E-state index < -0.39 is 10.8 Å². The molecule has 0 atom stereocenters. The summed E-state index contributed by atoms with van der Waals surface area (Å²) >= 11 is 0. The molecule has 1 aliphatic rings. The van der Waals surface area contributed by atoms with E-state index in [0.717, 1.165) is 24.3 Å². The van der Waals surface area contributed by atoms with Crippen molar-refractivity contribution in [1.29, 1.82) is 0 Å². The van der Waals surface area contributed by atoms with Gasteiger partial charge in [0.05, 0.1) is 12.0 Å². The lowest BCUT2D eigenvalue weighted by atomic mass is 10.1. The van der Waals surface area contributed by atoms with Gasteiger partial charge in [0, 0.05) is 36.1 Å². The number of hydrogen-bond donors (Lipinski definition) is 1. The van der Waals surface area contributed by atoms with Crippen LogP contribution in [-0.4, -0.2) is 31.0 Å². The molecule has 136 valence electrons. The number of nitrogens with zero attached hydrogens (tertiary/aromatic N) is 2. The van der Waals surface area contributed by atoms with Crippen molar-refractivity contribution in [3.63, 3.8) is 0 Å². The third kappa shape index (κ3) is 3.61. The Bertz CT molecular complexity index is 845. The van der Waals surface area contributed by atoms with Crippen LogP contribution in [0.1, 0.15) is 28.8 Å². The van der Waals surface area contributed by atoms with Crippen LogP contribution in [0.15, 0.2) is 36.4 Å². The van der Waals surface area contributed by atoms with Gasteiger partial charge in [-0.25, -0.2) is 0 Å². The van der Waals surface area contributed by atoms with Gasteiger partial charge in [0.25, 0.3) is 5.91 Å². The van der Waals surface area contributed by atoms with E-state index in [1.54, 1.807) is 0 Å². The van der Waals surface area contributed by atoms with Gasteiger partial charge >= 0.3 is 5.69 Å². The van der Waals surface area contributed by atoms with Gasteiger partial charge in [0.1, 0.15) is 0 Å². The van der Waals surface area contributed by atoms with E-state index in [1.165, 1.54) is 38.2 Å². The van der Waals surface area contributed by atoms with Crippen LogP contribution >= 0.6 is 0 Å². The van der Waals surface area contributed by atoms with E-state index in [1.807, 2.05) is 19.1 Å². The van der Waals surface area contributed by atoms with E-state index in [9.17, 15) is 14.9 Å². The fourth-order valence-corrected chi connectivity index (χ4v) is 3.13. The molecule has 26 heavy (non-hydrogen) atoms. The van der Waals surface area contributed by atoms with Crippen molar-refractivity contribution in [2.75, 3.05) is 30.4 Å². The Hall–Kier alpha value is -3.09. The zero-order valence-electron chi connectivity index (χ0n) is 14.8. The van der Waals surface area contributed by atoms with Gasteiger partial charge in [0.2, 0.25) is 0 Å². The number of amides is 1. The van der Waals surface area contributed by atoms with Crippen LogP contribution in [0.4, 0.5) is 17.1 Å². The van der Waals surface area contributed by atoms with Crippen LogP contribution < -0.4 is 15.0 Å². The molecule has 0 aromatic heterocycles. The molecule has 0 aliphatic carbocycles. The molecule has 0 unspecified atom stereocenters. The van der Waals surface area contributed by atoms with Crippen molar-refractivity contribution in [3.05, 3.63) is 57.6 Å². The lowest BCUT2D eigenvalue weighted by Gasteiger charge is -2.19. The van der Waals surface area contributed by atoms with E-state index in [0.29, 0.717) is 5.69 Å². The number of hydrogen-bond acceptors (Lipinski definition) is 5. The highest BCUT2D eigenvalue weighted by molar-refractivity contribution is 6.05. The number of anilines is 2. The van der Waals surface area contributed by atoms with Crippen molar-refractivity contribution in [2.24, 2.45) is 0 Å². The molecule has 3 rings (SSSR count). The van der Waals surface area contributed by atoms with Crippen LogP contribution in [0.25, 0.3) is 0 Å². The Morgan fingerprint density at radius 3 is 2.54 bits per heavy atom. The first-order valence-electron chi connectivity index (χ1n) is 8.49. The van der Waals surface area contributed by atoms with Gasteiger partial charge in [-0.3, -0.25) is 14.9 Å². The quantitative estimate of drug-likeness (QED) is 0.652. The standard InChI is InChI=1S/C19H21N3O4/c1-13-11-15(21-9-3-4-10-21)6-7-16(13)20-19(23)14-5-8-18(26-2)17(12-14)22(24)25/h5-8,11-12H,3-4,9-10H2,1-2H3,(H,20,23). The van der Waals surface area contributed by atoms with Crippen molar-refractivity contribution < 1.29 is 14.5 Å². The SMILES string of the molecule is COc1ccc(C(=O)Nc2ccc(N3CCCC3)cc2C)cc1[N+](=O)[O-]. The zero-order chi connectivity index (χ0) is 18.7. The van der Waals surface area contributed by atoms with E-state index in [2.05, 4.69) is 16.3 Å². The molecule has 0 bridgehead atoms. The van der Waals surface area contributed by atoms with Gasteiger partial charge in [0.15, 0.2) is 5.75 Å². The molecular weight excluding hydrogens is 334 g/mol. The lowest BCUT2D eigenvalue weighted by Crippen LogP contribution is -2.18. The molecular formula is C19H21N3O4. The van der Waals surface area contributed by atoms with Gasteiger partial charge in [-0.2, -0.15) is 0 Å². The maximum Gasteiger partial charge on any atom is 0.311 e. The molecule has 0 saturated carbocycles. The first-order valence-corrected chi connectivity index (χ1v) is 8.49. The maximum absolute atomic E-state index is 12.5. The molecule has 2 aromatic rings. The first kappa shape index (κ1) is 17.7. The maximum atomic E-state index is 12.5. The van der Waals surface area contributed by atoms with Crippen LogP contribution in [0.3, 0.4) is 0 Å². The summed E-state index contributed by atoms with van der Waals surface area (Å²) in [5.41, 5.74) is 2.77. The predicted molar refractivity (Wildman–Crippen MR) is 100 cm³/mol. The average Bonchev–Trinajstić information content (AvgIpc) is 3.17. The van der Waals surface area contributed by atoms with Crippen LogP contribution in [0.2, 0.25) is 0 Å². The molecule has 1 saturated heterocycles. The Kier molecular flexibility index (Phi) is 5.06. The number of carbonyl (C=O) groups excluding carboxylic acids is 1. The molecule has 1 fully saturated rings. The molecule has 1 heterocycles.